The predicted molar refractivity (Wildman–Crippen MR) is 111 cm³/mol. The van der Waals surface area contributed by atoms with Crippen LogP contribution in [-0.4, -0.2) is 15.9 Å². The third kappa shape index (κ3) is 3.25. The number of thiophene rings is 1. The van der Waals surface area contributed by atoms with E-state index in [0.717, 1.165) is 41.7 Å². The first-order chi connectivity index (χ1) is 13.4. The number of esters is 1. The molecular weight excluding hydrogens is 396 g/mol. The van der Waals surface area contributed by atoms with Gasteiger partial charge in [0.2, 0.25) is 0 Å². The number of benzene rings is 1. The summed E-state index contributed by atoms with van der Waals surface area (Å²) >= 11 is 7.48. The monoisotopic (exact) mass is 416 g/mol. The molecule has 1 fully saturated rings. The Morgan fingerprint density at radius 1 is 1.25 bits per heavy atom. The Bertz CT molecular complexity index is 1100. The van der Waals surface area contributed by atoms with Crippen LogP contribution in [0.1, 0.15) is 47.5 Å². The van der Waals surface area contributed by atoms with Crippen molar-refractivity contribution in [3.8, 4) is 0 Å². The van der Waals surface area contributed by atoms with Gasteiger partial charge in [-0.15, -0.1) is 11.3 Å². The summed E-state index contributed by atoms with van der Waals surface area (Å²) in [5.74, 6) is 0.102. The summed E-state index contributed by atoms with van der Waals surface area (Å²) in [6.07, 6.45) is 3.46. The van der Waals surface area contributed by atoms with Gasteiger partial charge in [0.1, 0.15) is 17.3 Å². The number of ether oxygens (including phenoxy) is 1. The Kier molecular flexibility index (Phi) is 5.02. The number of aryl methyl sites for hydroxylation is 2. The lowest BCUT2D eigenvalue weighted by Crippen LogP contribution is -2.34. The lowest BCUT2D eigenvalue weighted by molar-refractivity contribution is -0.152. The van der Waals surface area contributed by atoms with E-state index < -0.39 is 5.41 Å². The molecule has 1 aromatic carbocycles. The molecule has 28 heavy (non-hydrogen) atoms. The van der Waals surface area contributed by atoms with Gasteiger partial charge in [0, 0.05) is 9.90 Å². The predicted octanol–water partition coefficient (Wildman–Crippen LogP) is 4.81. The van der Waals surface area contributed by atoms with E-state index in [1.165, 1.54) is 11.3 Å². The molecule has 0 radical (unpaired) electrons. The number of halogens is 1. The number of aromatic amines is 1. The summed E-state index contributed by atoms with van der Waals surface area (Å²) < 4.78 is 5.64. The Balaban J connectivity index is 1.58. The first-order valence-electron chi connectivity index (χ1n) is 9.33. The average Bonchev–Trinajstić information content (AvgIpc) is 3.27. The van der Waals surface area contributed by atoms with Crippen LogP contribution in [0.3, 0.4) is 0 Å². The Morgan fingerprint density at radius 3 is 2.61 bits per heavy atom. The zero-order valence-corrected chi connectivity index (χ0v) is 17.4. The number of H-pyrrole nitrogens is 1. The Hall–Kier alpha value is -2.18. The topological polar surface area (TPSA) is 72.0 Å². The highest BCUT2D eigenvalue weighted by molar-refractivity contribution is 7.18. The van der Waals surface area contributed by atoms with Crippen molar-refractivity contribution < 1.29 is 9.53 Å². The molecule has 1 N–H and O–H groups in total. The van der Waals surface area contributed by atoms with Crippen molar-refractivity contribution in [2.24, 2.45) is 0 Å². The van der Waals surface area contributed by atoms with Gasteiger partial charge in [-0.05, 0) is 49.9 Å². The largest absolute Gasteiger partial charge is 0.457 e. The second kappa shape index (κ2) is 7.33. The van der Waals surface area contributed by atoms with Crippen molar-refractivity contribution in [3.05, 3.63) is 61.5 Å². The molecule has 0 aliphatic heterocycles. The molecule has 2 heterocycles. The van der Waals surface area contributed by atoms with E-state index in [4.69, 9.17) is 16.3 Å². The van der Waals surface area contributed by atoms with E-state index in [0.29, 0.717) is 21.1 Å². The number of aromatic nitrogens is 2. The fraction of sp³-hybridized carbons (Fsp3) is 0.381. The fourth-order valence-corrected chi connectivity index (χ4v) is 5.17. The summed E-state index contributed by atoms with van der Waals surface area (Å²) in [7, 11) is 0. The van der Waals surface area contributed by atoms with Gasteiger partial charge in [-0.2, -0.15) is 0 Å². The van der Waals surface area contributed by atoms with Crippen molar-refractivity contribution in [3.63, 3.8) is 0 Å². The SMILES string of the molecule is Cc1sc2nc(COC(=O)C3(c4ccc(Cl)cc4)CCCC3)[nH]c(=O)c2c1C. The second-order valence-electron chi connectivity index (χ2n) is 7.35. The molecule has 1 aliphatic carbocycles. The summed E-state index contributed by atoms with van der Waals surface area (Å²) in [5, 5.41) is 1.26. The van der Waals surface area contributed by atoms with Crippen molar-refractivity contribution in [1.82, 2.24) is 9.97 Å². The zero-order chi connectivity index (χ0) is 19.9. The summed E-state index contributed by atoms with van der Waals surface area (Å²) in [6.45, 7) is 3.84. The van der Waals surface area contributed by atoms with Gasteiger partial charge < -0.3 is 9.72 Å². The quantitative estimate of drug-likeness (QED) is 0.619. The van der Waals surface area contributed by atoms with E-state index in [-0.39, 0.29) is 18.1 Å². The van der Waals surface area contributed by atoms with Gasteiger partial charge in [0.25, 0.3) is 5.56 Å². The first kappa shape index (κ1) is 19.2. The third-order valence-electron chi connectivity index (χ3n) is 5.67. The maximum absolute atomic E-state index is 13.1. The van der Waals surface area contributed by atoms with Crippen LogP contribution in [0.15, 0.2) is 29.1 Å². The minimum Gasteiger partial charge on any atom is -0.457 e. The van der Waals surface area contributed by atoms with Gasteiger partial charge in [-0.1, -0.05) is 36.6 Å². The molecule has 2 aromatic heterocycles. The number of fused-ring (bicyclic) bond motifs is 1. The number of rotatable bonds is 4. The molecule has 0 spiro atoms. The molecule has 0 atom stereocenters. The van der Waals surface area contributed by atoms with Crippen molar-refractivity contribution in [1.29, 1.82) is 0 Å². The van der Waals surface area contributed by atoms with Crippen LogP contribution in [0.25, 0.3) is 10.2 Å². The van der Waals surface area contributed by atoms with Crippen LogP contribution in [0.4, 0.5) is 0 Å². The molecular formula is C21H21ClN2O3S. The maximum Gasteiger partial charge on any atom is 0.317 e. The Morgan fingerprint density at radius 2 is 1.93 bits per heavy atom. The van der Waals surface area contributed by atoms with Crippen LogP contribution in [0, 0.1) is 13.8 Å². The highest BCUT2D eigenvalue weighted by atomic mass is 35.5. The molecule has 4 rings (SSSR count). The van der Waals surface area contributed by atoms with Crippen molar-refractivity contribution in [2.75, 3.05) is 0 Å². The number of carbonyl (C=O) groups is 1. The molecule has 1 saturated carbocycles. The second-order valence-corrected chi connectivity index (χ2v) is 8.99. The van der Waals surface area contributed by atoms with E-state index in [1.54, 1.807) is 12.1 Å². The van der Waals surface area contributed by atoms with Crippen LogP contribution in [0.5, 0.6) is 0 Å². The Labute approximate surface area is 171 Å². The maximum atomic E-state index is 13.1. The molecule has 146 valence electrons. The summed E-state index contributed by atoms with van der Waals surface area (Å²) in [6, 6.07) is 7.41. The average molecular weight is 417 g/mol. The van der Waals surface area contributed by atoms with Crippen molar-refractivity contribution >= 4 is 39.1 Å². The van der Waals surface area contributed by atoms with Gasteiger partial charge in [0.05, 0.1) is 10.8 Å². The zero-order valence-electron chi connectivity index (χ0n) is 15.8. The first-order valence-corrected chi connectivity index (χ1v) is 10.5. The van der Waals surface area contributed by atoms with E-state index in [1.807, 2.05) is 26.0 Å². The van der Waals surface area contributed by atoms with Gasteiger partial charge >= 0.3 is 5.97 Å². The van der Waals surface area contributed by atoms with E-state index >= 15 is 0 Å². The van der Waals surface area contributed by atoms with Gasteiger partial charge in [-0.3, -0.25) is 9.59 Å². The number of hydrogen-bond acceptors (Lipinski definition) is 5. The van der Waals surface area contributed by atoms with Crippen LogP contribution >= 0.6 is 22.9 Å². The number of nitrogens with zero attached hydrogens (tertiary/aromatic N) is 1. The molecule has 0 saturated heterocycles. The molecule has 0 unspecified atom stereocenters. The molecule has 5 nitrogen and oxygen atoms in total. The molecule has 0 bridgehead atoms. The number of hydrogen-bond donors (Lipinski definition) is 1. The number of nitrogens with one attached hydrogen (secondary N) is 1. The summed E-state index contributed by atoms with van der Waals surface area (Å²) in [5.41, 5.74) is 1.04. The summed E-state index contributed by atoms with van der Waals surface area (Å²) in [4.78, 5) is 34.5. The van der Waals surface area contributed by atoms with Crippen molar-refractivity contribution in [2.45, 2.75) is 51.6 Å². The lowest BCUT2D eigenvalue weighted by Gasteiger charge is -2.27. The smallest absolute Gasteiger partial charge is 0.317 e. The van der Waals surface area contributed by atoms with E-state index in [2.05, 4.69) is 9.97 Å². The van der Waals surface area contributed by atoms with E-state index in [9.17, 15) is 9.59 Å². The van der Waals surface area contributed by atoms with Gasteiger partial charge in [-0.25, -0.2) is 4.98 Å². The minimum atomic E-state index is -0.648. The standard InChI is InChI=1S/C21H21ClN2O3S/c1-12-13(2)28-19-17(12)18(25)23-16(24-19)11-27-20(26)21(9-3-4-10-21)14-5-7-15(22)8-6-14/h5-8H,3-4,9-11H2,1-2H3,(H,23,24,25). The molecule has 0 amide bonds. The molecule has 1 aliphatic rings. The minimum absolute atomic E-state index is 0.0463. The highest BCUT2D eigenvalue weighted by Gasteiger charge is 2.44. The van der Waals surface area contributed by atoms with Gasteiger partial charge in [0.15, 0.2) is 0 Å². The molecule has 3 aromatic rings. The normalized spacial score (nSPS) is 15.8. The van der Waals surface area contributed by atoms with Crippen LogP contribution in [-0.2, 0) is 21.6 Å². The third-order valence-corrected chi connectivity index (χ3v) is 7.03. The number of carbonyl (C=O) groups excluding carboxylic acids is 1. The fourth-order valence-electron chi connectivity index (χ4n) is 4.00. The molecule has 7 heteroatoms. The van der Waals surface area contributed by atoms with Crippen LogP contribution in [0.2, 0.25) is 5.02 Å². The highest BCUT2D eigenvalue weighted by Crippen LogP contribution is 2.42. The van der Waals surface area contributed by atoms with Crippen LogP contribution < -0.4 is 5.56 Å². The lowest BCUT2D eigenvalue weighted by atomic mass is 9.79.